The molecule has 0 amide bonds. The second-order valence-corrected chi connectivity index (χ2v) is 6.42. The van der Waals surface area contributed by atoms with Crippen molar-refractivity contribution in [3.63, 3.8) is 0 Å². The molecule has 0 bridgehead atoms. The van der Waals surface area contributed by atoms with Crippen LogP contribution < -0.4 is 0 Å². The molecule has 0 aromatic carbocycles. The van der Waals surface area contributed by atoms with Gasteiger partial charge >= 0.3 is 0 Å². The van der Waals surface area contributed by atoms with Gasteiger partial charge in [-0.15, -0.1) is 5.10 Å². The number of aliphatic hydroxyl groups is 1. The Hall–Kier alpha value is -2.21. The van der Waals surface area contributed by atoms with Crippen LogP contribution in [0.1, 0.15) is 44.8 Å². The first-order chi connectivity index (χ1) is 11.3. The molecule has 3 aromatic heterocycles. The predicted octanol–water partition coefficient (Wildman–Crippen LogP) is 3.28. The molecule has 2 N–H and O–H groups in total. The number of hydrogen-bond donors (Lipinski definition) is 2. The van der Waals surface area contributed by atoms with Crippen LogP contribution in [-0.4, -0.2) is 30.1 Å². The maximum Gasteiger partial charge on any atom is 0.160 e. The molecule has 0 radical (unpaired) electrons. The Bertz CT molecular complexity index is 787. The molecule has 4 rings (SSSR count). The van der Waals surface area contributed by atoms with Crippen molar-refractivity contribution in [1.29, 1.82) is 0 Å². The smallest absolute Gasteiger partial charge is 0.160 e. The van der Waals surface area contributed by atoms with Crippen LogP contribution in [0.3, 0.4) is 0 Å². The Labute approximate surface area is 134 Å². The Morgan fingerprint density at radius 1 is 1.30 bits per heavy atom. The first-order valence-corrected chi connectivity index (χ1v) is 8.32. The van der Waals surface area contributed by atoms with Crippen molar-refractivity contribution in [1.82, 2.24) is 25.0 Å². The molecule has 1 fully saturated rings. The molecule has 3 heterocycles. The summed E-state index contributed by atoms with van der Waals surface area (Å²) in [6, 6.07) is 1.98. The molecule has 6 heteroatoms. The summed E-state index contributed by atoms with van der Waals surface area (Å²) >= 11 is 0. The van der Waals surface area contributed by atoms with Gasteiger partial charge in [0, 0.05) is 28.9 Å². The summed E-state index contributed by atoms with van der Waals surface area (Å²) < 4.78 is 1.66. The van der Waals surface area contributed by atoms with Crippen molar-refractivity contribution in [2.75, 3.05) is 0 Å². The molecule has 1 saturated carbocycles. The fourth-order valence-corrected chi connectivity index (χ4v) is 3.56. The fourth-order valence-electron chi connectivity index (χ4n) is 3.56. The molecule has 6 nitrogen and oxygen atoms in total. The van der Waals surface area contributed by atoms with Gasteiger partial charge in [0.1, 0.15) is 6.23 Å². The van der Waals surface area contributed by atoms with Crippen molar-refractivity contribution >= 4 is 11.0 Å². The van der Waals surface area contributed by atoms with E-state index >= 15 is 0 Å². The highest BCUT2D eigenvalue weighted by Crippen LogP contribution is 2.31. The molecule has 0 aliphatic heterocycles. The minimum absolute atomic E-state index is 0.555. The molecule has 1 unspecified atom stereocenters. The molecule has 1 aliphatic carbocycles. The van der Waals surface area contributed by atoms with Gasteiger partial charge in [0.2, 0.25) is 0 Å². The summed E-state index contributed by atoms with van der Waals surface area (Å²) in [7, 11) is 0. The van der Waals surface area contributed by atoms with E-state index in [0.717, 1.165) is 40.9 Å². The molecule has 1 aliphatic rings. The number of fused-ring (bicyclic) bond motifs is 1. The van der Waals surface area contributed by atoms with E-state index in [9.17, 15) is 5.11 Å². The molecular weight excluding hydrogens is 290 g/mol. The minimum Gasteiger partial charge on any atom is -0.372 e. The lowest BCUT2D eigenvalue weighted by atomic mass is 10.0. The Morgan fingerprint density at radius 3 is 3.04 bits per heavy atom. The van der Waals surface area contributed by atoms with E-state index in [-0.39, 0.29) is 0 Å². The van der Waals surface area contributed by atoms with Gasteiger partial charge in [-0.25, -0.2) is 4.68 Å². The van der Waals surface area contributed by atoms with Crippen LogP contribution in [-0.2, 0) is 0 Å². The summed E-state index contributed by atoms with van der Waals surface area (Å²) in [4.78, 5) is 3.06. The Kier molecular flexibility index (Phi) is 3.83. The molecule has 0 spiro atoms. The van der Waals surface area contributed by atoms with Gasteiger partial charge in [0.25, 0.3) is 0 Å². The molecule has 0 saturated heterocycles. The van der Waals surface area contributed by atoms with Crippen LogP contribution >= 0.6 is 0 Å². The normalized spacial score (nSPS) is 17.1. The van der Waals surface area contributed by atoms with Crippen molar-refractivity contribution in [3.05, 3.63) is 30.9 Å². The van der Waals surface area contributed by atoms with Gasteiger partial charge in [-0.05, 0) is 24.8 Å². The van der Waals surface area contributed by atoms with Crippen molar-refractivity contribution < 1.29 is 5.11 Å². The lowest BCUT2D eigenvalue weighted by Gasteiger charge is -2.14. The van der Waals surface area contributed by atoms with Gasteiger partial charge < -0.3 is 10.1 Å². The number of nitrogens with one attached hydrogen (secondary N) is 1. The van der Waals surface area contributed by atoms with Crippen molar-refractivity contribution in [3.8, 4) is 11.1 Å². The van der Waals surface area contributed by atoms with Crippen LogP contribution in [0.2, 0.25) is 0 Å². The topological polar surface area (TPSA) is 79.6 Å². The average Bonchev–Trinajstić information content (AvgIpc) is 3.32. The molecule has 23 heavy (non-hydrogen) atoms. The third kappa shape index (κ3) is 2.86. The SMILES string of the molecule is OC(CCC1CCCC1)n1cc(-c2cnnc3[nH]ccc23)cn1. The van der Waals surface area contributed by atoms with E-state index in [0.29, 0.717) is 0 Å². The highest BCUT2D eigenvalue weighted by Gasteiger charge is 2.18. The van der Waals surface area contributed by atoms with E-state index in [4.69, 9.17) is 0 Å². The number of rotatable bonds is 5. The number of aromatic amines is 1. The molecule has 3 aromatic rings. The second-order valence-electron chi connectivity index (χ2n) is 6.42. The zero-order valence-corrected chi connectivity index (χ0v) is 13.0. The predicted molar refractivity (Wildman–Crippen MR) is 87.6 cm³/mol. The lowest BCUT2D eigenvalue weighted by molar-refractivity contribution is 0.0744. The molecular formula is C17H21N5O. The first kappa shape index (κ1) is 14.4. The quantitative estimate of drug-likeness (QED) is 0.758. The van der Waals surface area contributed by atoms with E-state index in [1.54, 1.807) is 17.1 Å². The van der Waals surface area contributed by atoms with Gasteiger partial charge in [-0.2, -0.15) is 10.2 Å². The zero-order chi connectivity index (χ0) is 15.6. The van der Waals surface area contributed by atoms with E-state index < -0.39 is 6.23 Å². The van der Waals surface area contributed by atoms with Crippen LogP contribution in [0.15, 0.2) is 30.9 Å². The number of aromatic nitrogens is 5. The van der Waals surface area contributed by atoms with Gasteiger partial charge in [0.15, 0.2) is 5.65 Å². The molecule has 1 atom stereocenters. The summed E-state index contributed by atoms with van der Waals surface area (Å²) in [5, 5.41) is 23.8. The summed E-state index contributed by atoms with van der Waals surface area (Å²) in [6.07, 6.45) is 13.9. The van der Waals surface area contributed by atoms with Crippen LogP contribution in [0.5, 0.6) is 0 Å². The first-order valence-electron chi connectivity index (χ1n) is 8.32. The average molecular weight is 311 g/mol. The van der Waals surface area contributed by atoms with Gasteiger partial charge in [0.05, 0.1) is 12.4 Å². The van der Waals surface area contributed by atoms with Gasteiger partial charge in [-0.3, -0.25) is 0 Å². The Balaban J connectivity index is 1.50. The lowest BCUT2D eigenvalue weighted by Crippen LogP contribution is -2.10. The number of nitrogens with zero attached hydrogens (tertiary/aromatic N) is 4. The van der Waals surface area contributed by atoms with E-state index in [1.807, 2.05) is 18.5 Å². The summed E-state index contributed by atoms with van der Waals surface area (Å²) in [5.74, 6) is 0.781. The Morgan fingerprint density at radius 2 is 2.17 bits per heavy atom. The number of aliphatic hydroxyl groups excluding tert-OH is 1. The van der Waals surface area contributed by atoms with Crippen LogP contribution in [0.25, 0.3) is 22.2 Å². The van der Waals surface area contributed by atoms with Crippen LogP contribution in [0.4, 0.5) is 0 Å². The van der Waals surface area contributed by atoms with Crippen molar-refractivity contribution in [2.45, 2.75) is 44.8 Å². The maximum absolute atomic E-state index is 10.4. The highest BCUT2D eigenvalue weighted by atomic mass is 16.3. The standard InChI is InChI=1S/C17H21N5O/c23-16(6-5-12-3-1-2-4-12)22-11-13(9-20-22)15-10-19-21-17-14(15)7-8-18-17/h7-12,16,23H,1-6H2,(H,18,21). The highest BCUT2D eigenvalue weighted by molar-refractivity contribution is 5.91. The second kappa shape index (κ2) is 6.12. The van der Waals surface area contributed by atoms with Crippen molar-refractivity contribution in [2.24, 2.45) is 5.92 Å². The molecule has 120 valence electrons. The third-order valence-corrected chi connectivity index (χ3v) is 4.89. The van der Waals surface area contributed by atoms with Crippen LogP contribution in [0, 0.1) is 5.92 Å². The van der Waals surface area contributed by atoms with Gasteiger partial charge in [-0.1, -0.05) is 25.7 Å². The monoisotopic (exact) mass is 311 g/mol. The fraction of sp³-hybridized carbons (Fsp3) is 0.471. The summed E-state index contributed by atoms with van der Waals surface area (Å²) in [6.45, 7) is 0. The van der Waals surface area contributed by atoms with E-state index in [1.165, 1.54) is 25.7 Å². The maximum atomic E-state index is 10.4. The number of hydrogen-bond acceptors (Lipinski definition) is 4. The third-order valence-electron chi connectivity index (χ3n) is 4.89. The largest absolute Gasteiger partial charge is 0.372 e. The van der Waals surface area contributed by atoms with E-state index in [2.05, 4.69) is 20.3 Å². The minimum atomic E-state index is -0.555. The summed E-state index contributed by atoms with van der Waals surface area (Å²) in [5.41, 5.74) is 2.69. The number of H-pyrrole nitrogens is 1. The zero-order valence-electron chi connectivity index (χ0n) is 13.0.